The minimum absolute atomic E-state index is 0.197. The summed E-state index contributed by atoms with van der Waals surface area (Å²) >= 11 is 0. The molecule has 1 heterocycles. The van der Waals surface area contributed by atoms with E-state index in [1.54, 1.807) is 20.3 Å². The number of hydrogen-bond acceptors (Lipinski definition) is 7. The number of esters is 1. The monoisotopic (exact) mass is 489 g/mol. The molecule has 8 nitrogen and oxygen atoms in total. The summed E-state index contributed by atoms with van der Waals surface area (Å²) in [6, 6.07) is 16.5. The number of nitrogens with zero attached hydrogens (tertiary/aromatic N) is 1. The number of hydrogen-bond donors (Lipinski definition) is 2. The van der Waals surface area contributed by atoms with Gasteiger partial charge in [0, 0.05) is 36.6 Å². The molecule has 3 aromatic rings. The van der Waals surface area contributed by atoms with Crippen LogP contribution in [0.5, 0.6) is 11.5 Å². The maximum atomic E-state index is 12.6. The molecule has 3 aromatic carbocycles. The predicted octanol–water partition coefficient (Wildman–Crippen LogP) is 3.93. The highest BCUT2D eigenvalue weighted by atomic mass is 16.5. The van der Waals surface area contributed by atoms with E-state index in [9.17, 15) is 9.59 Å². The van der Waals surface area contributed by atoms with Gasteiger partial charge in [-0.3, -0.25) is 9.69 Å². The zero-order chi connectivity index (χ0) is 25.7. The Labute approximate surface area is 211 Å². The second kappa shape index (κ2) is 11.1. The lowest BCUT2D eigenvalue weighted by molar-refractivity contribution is 0.0601. The van der Waals surface area contributed by atoms with Gasteiger partial charge in [-0.25, -0.2) is 4.79 Å². The summed E-state index contributed by atoms with van der Waals surface area (Å²) in [6.07, 6.45) is 1.88. The number of methoxy groups -OCH3 is 3. The van der Waals surface area contributed by atoms with Crippen molar-refractivity contribution in [2.75, 3.05) is 45.5 Å². The van der Waals surface area contributed by atoms with Crippen LogP contribution in [0, 0.1) is 0 Å². The Kier molecular flexibility index (Phi) is 7.75. The second-order valence-electron chi connectivity index (χ2n) is 8.70. The van der Waals surface area contributed by atoms with Gasteiger partial charge in [0.2, 0.25) is 0 Å². The summed E-state index contributed by atoms with van der Waals surface area (Å²) in [5, 5.41) is 2.87. The molecule has 0 radical (unpaired) electrons. The number of carbonyl (C=O) groups excluding carboxylic acids is 2. The Morgan fingerprint density at radius 1 is 0.944 bits per heavy atom. The lowest BCUT2D eigenvalue weighted by Crippen LogP contribution is -2.32. The lowest BCUT2D eigenvalue weighted by Gasteiger charge is -2.29. The van der Waals surface area contributed by atoms with E-state index < -0.39 is 5.97 Å². The molecule has 4 rings (SSSR count). The third-order valence-corrected chi connectivity index (χ3v) is 6.44. The van der Waals surface area contributed by atoms with Crippen molar-refractivity contribution in [3.05, 3.63) is 82.4 Å². The Hall–Kier alpha value is -4.04. The van der Waals surface area contributed by atoms with Crippen LogP contribution in [0.15, 0.2) is 54.6 Å². The summed E-state index contributed by atoms with van der Waals surface area (Å²) in [4.78, 5) is 26.7. The summed E-state index contributed by atoms with van der Waals surface area (Å²) in [6.45, 7) is 2.81. The molecule has 1 aliphatic heterocycles. The number of nitrogens with two attached hydrogens (primary N) is 1. The molecule has 3 N–H and O–H groups in total. The third-order valence-electron chi connectivity index (χ3n) is 6.44. The van der Waals surface area contributed by atoms with E-state index in [0.717, 1.165) is 44.0 Å². The average Bonchev–Trinajstić information content (AvgIpc) is 2.91. The maximum Gasteiger partial charge on any atom is 0.339 e. The molecule has 36 heavy (non-hydrogen) atoms. The van der Waals surface area contributed by atoms with E-state index in [0.29, 0.717) is 11.3 Å². The molecule has 1 aliphatic rings. The highest BCUT2D eigenvalue weighted by Crippen LogP contribution is 2.33. The molecule has 188 valence electrons. The first kappa shape index (κ1) is 25.1. The quantitative estimate of drug-likeness (QED) is 0.365. The topological polar surface area (TPSA) is 103 Å². The van der Waals surface area contributed by atoms with Gasteiger partial charge in [-0.1, -0.05) is 12.1 Å². The SMILES string of the molecule is COC(=O)c1ccc(C(=O)Nc2ccc(CCN3CCc4cc(OC)c(OC)cc4C3)cc2)cc1N. The molecular weight excluding hydrogens is 458 g/mol. The number of amides is 1. The van der Waals surface area contributed by atoms with Gasteiger partial charge in [-0.05, 0) is 72.0 Å². The number of nitrogen functional groups attached to an aromatic ring is 1. The van der Waals surface area contributed by atoms with Crippen LogP contribution in [0.4, 0.5) is 11.4 Å². The van der Waals surface area contributed by atoms with Gasteiger partial charge in [-0.2, -0.15) is 0 Å². The highest BCUT2D eigenvalue weighted by Gasteiger charge is 2.19. The van der Waals surface area contributed by atoms with Gasteiger partial charge in [0.15, 0.2) is 11.5 Å². The van der Waals surface area contributed by atoms with Crippen LogP contribution in [0.25, 0.3) is 0 Å². The van der Waals surface area contributed by atoms with Crippen molar-refractivity contribution < 1.29 is 23.8 Å². The Morgan fingerprint density at radius 3 is 2.28 bits per heavy atom. The average molecular weight is 490 g/mol. The van der Waals surface area contributed by atoms with Crippen molar-refractivity contribution in [3.8, 4) is 11.5 Å². The van der Waals surface area contributed by atoms with E-state index in [-0.39, 0.29) is 17.2 Å². The Balaban J connectivity index is 1.32. The fourth-order valence-corrected chi connectivity index (χ4v) is 4.38. The molecule has 0 saturated carbocycles. The Morgan fingerprint density at radius 2 is 1.64 bits per heavy atom. The van der Waals surface area contributed by atoms with E-state index in [1.165, 1.54) is 35.9 Å². The van der Waals surface area contributed by atoms with Crippen LogP contribution in [0.3, 0.4) is 0 Å². The van der Waals surface area contributed by atoms with Crippen LogP contribution in [0.1, 0.15) is 37.4 Å². The Bertz CT molecular complexity index is 1260. The number of benzene rings is 3. The molecular formula is C28H31N3O5. The van der Waals surface area contributed by atoms with E-state index >= 15 is 0 Å². The van der Waals surface area contributed by atoms with Crippen molar-refractivity contribution in [2.45, 2.75) is 19.4 Å². The van der Waals surface area contributed by atoms with Gasteiger partial charge in [0.1, 0.15) is 0 Å². The summed E-state index contributed by atoms with van der Waals surface area (Å²) < 4.78 is 15.6. The van der Waals surface area contributed by atoms with Gasteiger partial charge in [0.25, 0.3) is 5.91 Å². The van der Waals surface area contributed by atoms with Crippen molar-refractivity contribution in [1.82, 2.24) is 4.90 Å². The van der Waals surface area contributed by atoms with E-state index in [1.807, 2.05) is 24.3 Å². The first-order valence-electron chi connectivity index (χ1n) is 11.8. The fourth-order valence-electron chi connectivity index (χ4n) is 4.38. The summed E-state index contributed by atoms with van der Waals surface area (Å²) in [5.41, 5.74) is 11.2. The second-order valence-corrected chi connectivity index (χ2v) is 8.70. The summed E-state index contributed by atoms with van der Waals surface area (Å²) in [7, 11) is 4.61. The van der Waals surface area contributed by atoms with Crippen molar-refractivity contribution in [3.63, 3.8) is 0 Å². The highest BCUT2D eigenvalue weighted by molar-refractivity contribution is 6.06. The van der Waals surface area contributed by atoms with Crippen LogP contribution in [-0.4, -0.2) is 51.2 Å². The fraction of sp³-hybridized carbons (Fsp3) is 0.286. The maximum absolute atomic E-state index is 12.6. The molecule has 0 atom stereocenters. The minimum atomic E-state index is -0.538. The van der Waals surface area contributed by atoms with Crippen LogP contribution in [0.2, 0.25) is 0 Å². The molecule has 0 fully saturated rings. The number of ether oxygens (including phenoxy) is 3. The molecule has 0 aromatic heterocycles. The molecule has 8 heteroatoms. The largest absolute Gasteiger partial charge is 0.493 e. The lowest BCUT2D eigenvalue weighted by atomic mass is 9.98. The molecule has 1 amide bonds. The van der Waals surface area contributed by atoms with Gasteiger partial charge >= 0.3 is 5.97 Å². The molecule has 0 unspecified atom stereocenters. The smallest absolute Gasteiger partial charge is 0.339 e. The molecule has 0 spiro atoms. The molecule has 0 saturated heterocycles. The van der Waals surface area contributed by atoms with Gasteiger partial charge in [0.05, 0.1) is 26.9 Å². The molecule has 0 bridgehead atoms. The molecule has 0 aliphatic carbocycles. The van der Waals surface area contributed by atoms with Crippen LogP contribution >= 0.6 is 0 Å². The van der Waals surface area contributed by atoms with Crippen molar-refractivity contribution in [2.24, 2.45) is 0 Å². The standard InChI is InChI=1S/C28H31N3O5/c1-34-25-15-19-11-13-31(17-21(19)16-26(25)35-2)12-10-18-4-7-22(8-5-18)30-27(32)20-6-9-23(24(29)14-20)28(33)36-3/h4-9,14-16H,10-13,17,29H2,1-3H3,(H,30,32). The first-order valence-corrected chi connectivity index (χ1v) is 11.8. The first-order chi connectivity index (χ1) is 17.4. The summed E-state index contributed by atoms with van der Waals surface area (Å²) in [5.74, 6) is 0.699. The van der Waals surface area contributed by atoms with Crippen LogP contribution < -0.4 is 20.5 Å². The zero-order valence-corrected chi connectivity index (χ0v) is 20.8. The number of nitrogens with one attached hydrogen (secondary N) is 1. The van der Waals surface area contributed by atoms with Gasteiger partial charge in [-0.15, -0.1) is 0 Å². The number of anilines is 2. The van der Waals surface area contributed by atoms with E-state index in [2.05, 4.69) is 27.1 Å². The third kappa shape index (κ3) is 5.60. The minimum Gasteiger partial charge on any atom is -0.493 e. The number of rotatable bonds is 8. The predicted molar refractivity (Wildman–Crippen MR) is 139 cm³/mol. The normalized spacial score (nSPS) is 13.0. The van der Waals surface area contributed by atoms with Crippen molar-refractivity contribution >= 4 is 23.3 Å². The van der Waals surface area contributed by atoms with Gasteiger partial charge < -0.3 is 25.3 Å². The van der Waals surface area contributed by atoms with Crippen molar-refractivity contribution in [1.29, 1.82) is 0 Å². The number of carbonyl (C=O) groups is 2. The number of fused-ring (bicyclic) bond motifs is 1. The van der Waals surface area contributed by atoms with Crippen LogP contribution in [-0.2, 0) is 24.1 Å². The van der Waals surface area contributed by atoms with E-state index in [4.69, 9.17) is 15.2 Å². The zero-order valence-electron chi connectivity index (χ0n) is 20.8.